The number of aryl methyl sites for hydroxylation is 1. The lowest BCUT2D eigenvalue weighted by Gasteiger charge is -2.21. The number of ketones is 2. The van der Waals surface area contributed by atoms with Crippen LogP contribution in [0.2, 0.25) is 0 Å². The van der Waals surface area contributed by atoms with Crippen LogP contribution in [0.1, 0.15) is 37.4 Å². The van der Waals surface area contributed by atoms with Gasteiger partial charge in [0.15, 0.2) is 11.6 Å². The fourth-order valence-electron chi connectivity index (χ4n) is 2.66. The highest BCUT2D eigenvalue weighted by atomic mass is 19.1. The summed E-state index contributed by atoms with van der Waals surface area (Å²) in [5.41, 5.74) is 0.473. The van der Waals surface area contributed by atoms with Gasteiger partial charge in [-0.25, -0.2) is 4.39 Å². The van der Waals surface area contributed by atoms with Crippen LogP contribution in [-0.4, -0.2) is 23.8 Å². The fraction of sp³-hybridized carbons (Fsp3) is 0.125. The molecule has 0 spiro atoms. The number of phenols is 1. The molecule has 2 aromatic carbocycles. The Labute approximate surface area is 119 Å². The van der Waals surface area contributed by atoms with Crippen LogP contribution in [0.15, 0.2) is 24.3 Å². The molecule has 0 bridgehead atoms. The standard InChI is InChI=1S/C16H11FO4/c1-7-5-11(18)12-13(16(7)21-2)15(20)10-6-8(17)3-4-9(10)14(12)19/h3-6,18H,1-2H3. The summed E-state index contributed by atoms with van der Waals surface area (Å²) in [6.07, 6.45) is 0. The number of methoxy groups -OCH3 is 1. The summed E-state index contributed by atoms with van der Waals surface area (Å²) in [4.78, 5) is 25.1. The number of carbonyl (C=O) groups is 2. The van der Waals surface area contributed by atoms with E-state index in [0.717, 1.165) is 12.1 Å². The van der Waals surface area contributed by atoms with Gasteiger partial charge < -0.3 is 9.84 Å². The highest BCUT2D eigenvalue weighted by Gasteiger charge is 2.35. The van der Waals surface area contributed by atoms with Gasteiger partial charge in [-0.15, -0.1) is 0 Å². The van der Waals surface area contributed by atoms with Gasteiger partial charge in [-0.3, -0.25) is 9.59 Å². The maximum atomic E-state index is 13.4. The number of hydrogen-bond acceptors (Lipinski definition) is 4. The van der Waals surface area contributed by atoms with Crippen LogP contribution in [0.25, 0.3) is 0 Å². The highest BCUT2D eigenvalue weighted by molar-refractivity contribution is 6.30. The van der Waals surface area contributed by atoms with Crippen molar-refractivity contribution in [2.75, 3.05) is 7.11 Å². The topological polar surface area (TPSA) is 63.6 Å². The van der Waals surface area contributed by atoms with E-state index in [0.29, 0.717) is 5.56 Å². The Bertz CT molecular complexity index is 808. The molecule has 0 aromatic heterocycles. The zero-order valence-corrected chi connectivity index (χ0v) is 11.4. The number of hydrogen-bond donors (Lipinski definition) is 1. The first-order valence-electron chi connectivity index (χ1n) is 6.25. The Morgan fingerprint density at radius 2 is 1.71 bits per heavy atom. The summed E-state index contributed by atoms with van der Waals surface area (Å²) in [6.45, 7) is 1.65. The second kappa shape index (κ2) is 4.41. The zero-order chi connectivity index (χ0) is 15.3. The number of benzene rings is 2. The van der Waals surface area contributed by atoms with Gasteiger partial charge in [0.05, 0.1) is 18.2 Å². The fourth-order valence-corrected chi connectivity index (χ4v) is 2.66. The summed E-state index contributed by atoms with van der Waals surface area (Å²) >= 11 is 0. The number of halogens is 1. The third-order valence-electron chi connectivity index (χ3n) is 3.57. The van der Waals surface area contributed by atoms with E-state index >= 15 is 0 Å². The van der Waals surface area contributed by atoms with Crippen molar-refractivity contribution in [1.82, 2.24) is 0 Å². The summed E-state index contributed by atoms with van der Waals surface area (Å²) < 4.78 is 18.6. The van der Waals surface area contributed by atoms with Gasteiger partial charge in [-0.2, -0.15) is 0 Å². The van der Waals surface area contributed by atoms with Gasteiger partial charge in [-0.1, -0.05) is 0 Å². The van der Waals surface area contributed by atoms with E-state index < -0.39 is 17.4 Å². The summed E-state index contributed by atoms with van der Waals surface area (Å²) in [7, 11) is 1.37. The molecule has 4 nitrogen and oxygen atoms in total. The third kappa shape index (κ3) is 1.74. The Balaban J connectivity index is 2.40. The zero-order valence-electron chi connectivity index (χ0n) is 11.4. The number of rotatable bonds is 1. The molecule has 1 N–H and O–H groups in total. The monoisotopic (exact) mass is 286 g/mol. The Kier molecular flexibility index (Phi) is 2.79. The second-order valence-electron chi connectivity index (χ2n) is 4.84. The smallest absolute Gasteiger partial charge is 0.198 e. The van der Waals surface area contributed by atoms with Crippen molar-refractivity contribution in [3.8, 4) is 11.5 Å². The van der Waals surface area contributed by atoms with Crippen LogP contribution in [0.3, 0.4) is 0 Å². The van der Waals surface area contributed by atoms with Crippen LogP contribution >= 0.6 is 0 Å². The first kappa shape index (κ1) is 13.3. The van der Waals surface area contributed by atoms with Crippen LogP contribution in [0.5, 0.6) is 11.5 Å². The number of phenolic OH excluding ortho intramolecular Hbond substituents is 1. The van der Waals surface area contributed by atoms with Crippen molar-refractivity contribution >= 4 is 11.6 Å². The largest absolute Gasteiger partial charge is 0.507 e. The molecule has 1 aliphatic rings. The van der Waals surface area contributed by atoms with Crippen molar-refractivity contribution < 1.29 is 23.8 Å². The quantitative estimate of drug-likeness (QED) is 0.747. The molecular formula is C16H11FO4. The molecule has 106 valence electrons. The van der Waals surface area contributed by atoms with E-state index in [2.05, 4.69) is 0 Å². The predicted molar refractivity (Wildman–Crippen MR) is 72.7 cm³/mol. The average Bonchev–Trinajstić information content (AvgIpc) is 2.44. The molecule has 0 saturated heterocycles. The van der Waals surface area contributed by atoms with E-state index in [4.69, 9.17) is 4.74 Å². The molecule has 0 unspecified atom stereocenters. The third-order valence-corrected chi connectivity index (χ3v) is 3.57. The lowest BCUT2D eigenvalue weighted by atomic mass is 9.82. The number of ether oxygens (including phenoxy) is 1. The van der Waals surface area contributed by atoms with Gasteiger partial charge in [0.2, 0.25) is 0 Å². The number of aromatic hydroxyl groups is 1. The van der Waals surface area contributed by atoms with Crippen molar-refractivity contribution in [3.63, 3.8) is 0 Å². The van der Waals surface area contributed by atoms with Crippen LogP contribution < -0.4 is 4.74 Å². The summed E-state index contributed by atoms with van der Waals surface area (Å²) in [6, 6.07) is 4.76. The molecule has 0 heterocycles. The van der Waals surface area contributed by atoms with E-state index in [9.17, 15) is 19.1 Å². The van der Waals surface area contributed by atoms with Crippen LogP contribution in [0, 0.1) is 12.7 Å². The molecule has 1 aliphatic carbocycles. The van der Waals surface area contributed by atoms with Crippen molar-refractivity contribution in [2.45, 2.75) is 6.92 Å². The summed E-state index contributed by atoms with van der Waals surface area (Å²) in [5.74, 6) is -1.72. The SMILES string of the molecule is COc1c(C)cc(O)c2c1C(=O)c1cc(F)ccc1C2=O. The van der Waals surface area contributed by atoms with E-state index in [-0.39, 0.29) is 33.8 Å². The average molecular weight is 286 g/mol. The molecule has 0 saturated carbocycles. The van der Waals surface area contributed by atoms with Crippen LogP contribution in [0.4, 0.5) is 4.39 Å². The van der Waals surface area contributed by atoms with Crippen molar-refractivity contribution in [2.24, 2.45) is 0 Å². The normalized spacial score (nSPS) is 12.9. The Morgan fingerprint density at radius 1 is 1.05 bits per heavy atom. The molecule has 2 aromatic rings. The Morgan fingerprint density at radius 3 is 2.38 bits per heavy atom. The molecule has 5 heteroatoms. The lowest BCUT2D eigenvalue weighted by Crippen LogP contribution is -2.22. The van der Waals surface area contributed by atoms with E-state index in [1.165, 1.54) is 19.2 Å². The first-order chi connectivity index (χ1) is 9.95. The van der Waals surface area contributed by atoms with Gasteiger partial charge in [0.1, 0.15) is 17.3 Å². The van der Waals surface area contributed by atoms with Crippen molar-refractivity contribution in [1.29, 1.82) is 0 Å². The molecule has 0 aliphatic heterocycles. The molecular weight excluding hydrogens is 275 g/mol. The molecule has 0 amide bonds. The van der Waals surface area contributed by atoms with Crippen LogP contribution in [-0.2, 0) is 0 Å². The maximum Gasteiger partial charge on any atom is 0.198 e. The molecule has 0 radical (unpaired) electrons. The van der Waals surface area contributed by atoms with E-state index in [1.54, 1.807) is 6.92 Å². The maximum absolute atomic E-state index is 13.4. The van der Waals surface area contributed by atoms with Gasteiger partial charge >= 0.3 is 0 Å². The van der Waals surface area contributed by atoms with Gasteiger partial charge in [-0.05, 0) is 36.8 Å². The summed E-state index contributed by atoms with van der Waals surface area (Å²) in [5, 5.41) is 10.0. The van der Waals surface area contributed by atoms with Gasteiger partial charge in [0, 0.05) is 11.1 Å². The predicted octanol–water partition coefficient (Wildman–Crippen LogP) is 2.62. The molecule has 21 heavy (non-hydrogen) atoms. The highest BCUT2D eigenvalue weighted by Crippen LogP contribution is 2.40. The molecule has 0 atom stereocenters. The Hall–Kier alpha value is -2.69. The van der Waals surface area contributed by atoms with Crippen molar-refractivity contribution in [3.05, 3.63) is 57.9 Å². The minimum Gasteiger partial charge on any atom is -0.507 e. The minimum absolute atomic E-state index is 0.0156. The second-order valence-corrected chi connectivity index (χ2v) is 4.84. The number of fused-ring (bicyclic) bond motifs is 2. The van der Waals surface area contributed by atoms with E-state index in [1.807, 2.05) is 0 Å². The number of carbonyl (C=O) groups excluding carboxylic acids is 2. The minimum atomic E-state index is -0.603. The molecule has 3 rings (SSSR count). The van der Waals surface area contributed by atoms with Gasteiger partial charge in [0.25, 0.3) is 0 Å². The lowest BCUT2D eigenvalue weighted by molar-refractivity contribution is 0.0973. The molecule has 0 fully saturated rings. The first-order valence-corrected chi connectivity index (χ1v) is 6.25.